The van der Waals surface area contributed by atoms with Gasteiger partial charge in [-0.15, -0.1) is 10.2 Å². The molecule has 1 fully saturated rings. The van der Waals surface area contributed by atoms with Crippen molar-refractivity contribution in [1.82, 2.24) is 19.1 Å². The van der Waals surface area contributed by atoms with Crippen molar-refractivity contribution in [2.75, 3.05) is 33.4 Å². The Morgan fingerprint density at radius 2 is 1.88 bits per heavy atom. The fourth-order valence-corrected chi connectivity index (χ4v) is 6.23. The van der Waals surface area contributed by atoms with E-state index in [4.69, 9.17) is 9.47 Å². The molecule has 0 saturated carbocycles. The van der Waals surface area contributed by atoms with Gasteiger partial charge >= 0.3 is 0 Å². The van der Waals surface area contributed by atoms with Crippen LogP contribution >= 0.6 is 11.8 Å². The Balaban J connectivity index is 1.64. The van der Waals surface area contributed by atoms with Crippen molar-refractivity contribution >= 4 is 21.8 Å². The Hall–Kier alpha value is -2.40. The number of ether oxygens (including phenoxy) is 2. The minimum Gasteiger partial charge on any atom is -0.497 e. The van der Waals surface area contributed by atoms with E-state index in [0.29, 0.717) is 32.1 Å². The molecule has 0 bridgehead atoms. The standard InChI is InChI=1S/C24H30N4O4S2/c1-4-18(2)28-23(25-26-24(28)33-17-19-7-5-9-21(15-19)31-3)20-8-6-10-22(16-20)34(29,30)27-11-13-32-14-12-27/h5-10,15-16,18H,4,11-14,17H2,1-3H3. The van der Waals surface area contributed by atoms with Gasteiger partial charge in [0.15, 0.2) is 11.0 Å². The zero-order valence-electron chi connectivity index (χ0n) is 19.7. The van der Waals surface area contributed by atoms with E-state index in [2.05, 4.69) is 34.7 Å². The molecule has 8 nitrogen and oxygen atoms in total. The molecule has 3 aromatic rings. The van der Waals surface area contributed by atoms with Crippen LogP contribution in [0.5, 0.6) is 5.75 Å². The molecule has 1 aliphatic rings. The van der Waals surface area contributed by atoms with Crippen LogP contribution in [0.15, 0.2) is 58.6 Å². The third-order valence-corrected chi connectivity index (χ3v) is 8.81. The van der Waals surface area contributed by atoms with Crippen LogP contribution in [0.2, 0.25) is 0 Å². The van der Waals surface area contributed by atoms with Crippen molar-refractivity contribution < 1.29 is 17.9 Å². The summed E-state index contributed by atoms with van der Waals surface area (Å²) >= 11 is 1.60. The fraction of sp³-hybridized carbons (Fsp3) is 0.417. The van der Waals surface area contributed by atoms with Gasteiger partial charge in [-0.2, -0.15) is 4.31 Å². The number of hydrogen-bond donors (Lipinski definition) is 0. The van der Waals surface area contributed by atoms with E-state index in [0.717, 1.165) is 34.2 Å². The Morgan fingerprint density at radius 1 is 1.12 bits per heavy atom. The van der Waals surface area contributed by atoms with Gasteiger partial charge in [-0.25, -0.2) is 8.42 Å². The molecule has 1 saturated heterocycles. The lowest BCUT2D eigenvalue weighted by Crippen LogP contribution is -2.40. The lowest BCUT2D eigenvalue weighted by molar-refractivity contribution is 0.0730. The lowest BCUT2D eigenvalue weighted by Gasteiger charge is -2.26. The topological polar surface area (TPSA) is 86.5 Å². The van der Waals surface area contributed by atoms with Gasteiger partial charge in [-0.05, 0) is 43.2 Å². The molecule has 0 aliphatic carbocycles. The Morgan fingerprint density at radius 3 is 2.62 bits per heavy atom. The number of methoxy groups -OCH3 is 1. The smallest absolute Gasteiger partial charge is 0.243 e. The number of rotatable bonds is 9. The minimum absolute atomic E-state index is 0.150. The maximum atomic E-state index is 13.2. The number of benzene rings is 2. The van der Waals surface area contributed by atoms with E-state index < -0.39 is 10.0 Å². The first kappa shape index (κ1) is 24.7. The molecular weight excluding hydrogens is 472 g/mol. The fourth-order valence-electron chi connectivity index (χ4n) is 3.79. The number of thioether (sulfide) groups is 1. The SMILES string of the molecule is CCC(C)n1c(SCc2cccc(OC)c2)nnc1-c1cccc(S(=O)(=O)N2CCOCC2)c1. The summed E-state index contributed by atoms with van der Waals surface area (Å²) in [5.74, 6) is 2.21. The molecule has 1 aromatic heterocycles. The molecule has 10 heteroatoms. The van der Waals surface area contributed by atoms with Crippen LogP contribution in [-0.4, -0.2) is 60.9 Å². The van der Waals surface area contributed by atoms with Crippen LogP contribution in [0, 0.1) is 0 Å². The summed E-state index contributed by atoms with van der Waals surface area (Å²) in [6.07, 6.45) is 0.892. The van der Waals surface area contributed by atoms with Crippen molar-refractivity contribution in [2.45, 2.75) is 42.1 Å². The summed E-state index contributed by atoms with van der Waals surface area (Å²) in [4.78, 5) is 0.260. The first-order valence-electron chi connectivity index (χ1n) is 11.3. The second kappa shape index (κ2) is 10.9. The molecule has 1 atom stereocenters. The van der Waals surface area contributed by atoms with Crippen LogP contribution < -0.4 is 4.74 Å². The van der Waals surface area contributed by atoms with E-state index in [1.54, 1.807) is 37.1 Å². The third kappa shape index (κ3) is 5.30. The highest BCUT2D eigenvalue weighted by atomic mass is 32.2. The molecule has 2 heterocycles. The molecule has 1 unspecified atom stereocenters. The Kier molecular flexibility index (Phi) is 7.92. The highest BCUT2D eigenvalue weighted by molar-refractivity contribution is 7.98. The van der Waals surface area contributed by atoms with E-state index in [9.17, 15) is 8.42 Å². The molecule has 2 aromatic carbocycles. The van der Waals surface area contributed by atoms with Crippen molar-refractivity contribution in [3.8, 4) is 17.1 Å². The van der Waals surface area contributed by atoms with E-state index in [1.165, 1.54) is 4.31 Å². The maximum Gasteiger partial charge on any atom is 0.243 e. The van der Waals surface area contributed by atoms with E-state index >= 15 is 0 Å². The van der Waals surface area contributed by atoms with Gasteiger partial charge in [0.1, 0.15) is 5.75 Å². The summed E-state index contributed by atoms with van der Waals surface area (Å²) in [6, 6.07) is 15.1. The Bertz CT molecular complexity index is 1220. The lowest BCUT2D eigenvalue weighted by atomic mass is 10.2. The van der Waals surface area contributed by atoms with Gasteiger partial charge in [0.2, 0.25) is 10.0 Å². The summed E-state index contributed by atoms with van der Waals surface area (Å²) in [5, 5.41) is 9.74. The molecule has 0 spiro atoms. The second-order valence-electron chi connectivity index (χ2n) is 8.12. The number of nitrogens with zero attached hydrogens (tertiary/aromatic N) is 4. The van der Waals surface area contributed by atoms with Crippen LogP contribution in [-0.2, 0) is 20.5 Å². The molecule has 1 aliphatic heterocycles. The highest BCUT2D eigenvalue weighted by Gasteiger charge is 2.27. The molecule has 4 rings (SSSR count). The van der Waals surface area contributed by atoms with E-state index in [-0.39, 0.29) is 10.9 Å². The van der Waals surface area contributed by atoms with Crippen molar-refractivity contribution in [3.63, 3.8) is 0 Å². The zero-order chi connectivity index (χ0) is 24.1. The number of sulfonamides is 1. The summed E-state index contributed by atoms with van der Waals surface area (Å²) in [5.41, 5.74) is 1.86. The second-order valence-corrected chi connectivity index (χ2v) is 11.0. The first-order chi connectivity index (χ1) is 16.4. The van der Waals surface area contributed by atoms with Crippen molar-refractivity contribution in [3.05, 3.63) is 54.1 Å². The predicted octanol–water partition coefficient (Wildman–Crippen LogP) is 4.24. The van der Waals surface area contributed by atoms with Gasteiger partial charge in [0.25, 0.3) is 0 Å². The van der Waals surface area contributed by atoms with Crippen LogP contribution in [0.3, 0.4) is 0 Å². The van der Waals surface area contributed by atoms with E-state index in [1.807, 2.05) is 24.3 Å². The maximum absolute atomic E-state index is 13.2. The highest BCUT2D eigenvalue weighted by Crippen LogP contribution is 2.32. The van der Waals surface area contributed by atoms with Gasteiger partial charge in [0, 0.05) is 30.4 Å². The number of aromatic nitrogens is 3. The average molecular weight is 503 g/mol. The molecule has 182 valence electrons. The average Bonchev–Trinajstić information content (AvgIpc) is 3.31. The van der Waals surface area contributed by atoms with Crippen LogP contribution in [0.1, 0.15) is 31.9 Å². The Labute approximate surface area is 205 Å². The zero-order valence-corrected chi connectivity index (χ0v) is 21.3. The third-order valence-electron chi connectivity index (χ3n) is 5.90. The van der Waals surface area contributed by atoms with Gasteiger partial charge in [-0.3, -0.25) is 4.57 Å². The monoisotopic (exact) mass is 502 g/mol. The first-order valence-corrected chi connectivity index (χ1v) is 13.8. The van der Waals surface area contributed by atoms with Gasteiger partial charge in [0.05, 0.1) is 25.2 Å². The predicted molar refractivity (Wildman–Crippen MR) is 133 cm³/mol. The molecule has 0 radical (unpaired) electrons. The number of morpholine rings is 1. The molecule has 0 amide bonds. The largest absolute Gasteiger partial charge is 0.497 e. The summed E-state index contributed by atoms with van der Waals surface area (Å²) in [7, 11) is -1.94. The van der Waals surface area contributed by atoms with Crippen LogP contribution in [0.4, 0.5) is 0 Å². The van der Waals surface area contributed by atoms with Gasteiger partial charge < -0.3 is 9.47 Å². The molecule has 34 heavy (non-hydrogen) atoms. The molecular formula is C24H30N4O4S2. The molecule has 0 N–H and O–H groups in total. The van der Waals surface area contributed by atoms with Crippen molar-refractivity contribution in [2.24, 2.45) is 0 Å². The summed E-state index contributed by atoms with van der Waals surface area (Å²) in [6.45, 7) is 5.78. The minimum atomic E-state index is -3.60. The quantitative estimate of drug-likeness (QED) is 0.405. The number of hydrogen-bond acceptors (Lipinski definition) is 7. The van der Waals surface area contributed by atoms with Crippen molar-refractivity contribution in [1.29, 1.82) is 0 Å². The summed E-state index contributed by atoms with van der Waals surface area (Å²) < 4.78 is 40.6. The van der Waals surface area contributed by atoms with Crippen LogP contribution in [0.25, 0.3) is 11.4 Å². The normalized spacial score (nSPS) is 15.9. The van der Waals surface area contributed by atoms with Gasteiger partial charge in [-0.1, -0.05) is 43.0 Å².